The fourth-order valence-electron chi connectivity index (χ4n) is 2.05. The van der Waals surface area contributed by atoms with Crippen molar-refractivity contribution >= 4 is 5.97 Å². The molecule has 106 valence electrons. The fraction of sp³-hybridized carbons (Fsp3) is 0.929. The molecule has 1 heterocycles. The third-order valence-corrected chi connectivity index (χ3v) is 3.10. The topological polar surface area (TPSA) is 44.8 Å². The molecule has 0 unspecified atom stereocenters. The Hall–Kier alpha value is -0.610. The summed E-state index contributed by atoms with van der Waals surface area (Å²) in [5.74, 6) is -0.0732. The molecule has 1 aliphatic heterocycles. The summed E-state index contributed by atoms with van der Waals surface area (Å²) in [5.41, 5.74) is 0. The molecule has 4 nitrogen and oxygen atoms in total. The standard InChI is InChI=1S/C14H26O4/c1-2-17-14(15)7-5-3-4-6-10-18-13-8-11-16-12-9-13/h13H,2-12H2,1H3. The lowest BCUT2D eigenvalue weighted by Crippen LogP contribution is -2.23. The molecule has 1 rings (SSSR count). The van der Waals surface area contributed by atoms with Gasteiger partial charge in [0.05, 0.1) is 12.7 Å². The highest BCUT2D eigenvalue weighted by atomic mass is 16.5. The maximum Gasteiger partial charge on any atom is 0.305 e. The Morgan fingerprint density at radius 2 is 1.89 bits per heavy atom. The van der Waals surface area contributed by atoms with Crippen LogP contribution in [-0.4, -0.2) is 38.5 Å². The normalized spacial score (nSPS) is 16.7. The molecule has 0 amide bonds. The molecule has 0 bridgehead atoms. The number of unbranched alkanes of at least 4 members (excludes halogenated alkanes) is 3. The van der Waals surface area contributed by atoms with E-state index in [2.05, 4.69) is 0 Å². The van der Waals surface area contributed by atoms with Crippen LogP contribution in [0.2, 0.25) is 0 Å². The quantitative estimate of drug-likeness (QED) is 0.471. The maximum absolute atomic E-state index is 11.1. The van der Waals surface area contributed by atoms with E-state index in [4.69, 9.17) is 14.2 Å². The predicted molar refractivity (Wildman–Crippen MR) is 69.5 cm³/mol. The van der Waals surface area contributed by atoms with Crippen molar-refractivity contribution in [3.05, 3.63) is 0 Å². The second-order valence-electron chi connectivity index (χ2n) is 4.65. The first kappa shape index (κ1) is 15.4. The van der Waals surface area contributed by atoms with Crippen LogP contribution in [0.5, 0.6) is 0 Å². The minimum Gasteiger partial charge on any atom is -0.466 e. The first-order chi connectivity index (χ1) is 8.83. The number of rotatable bonds is 9. The van der Waals surface area contributed by atoms with E-state index in [9.17, 15) is 4.79 Å². The number of hydrogen-bond donors (Lipinski definition) is 0. The molecular weight excluding hydrogens is 232 g/mol. The Kier molecular flexibility index (Phi) is 8.86. The second-order valence-corrected chi connectivity index (χ2v) is 4.65. The summed E-state index contributed by atoms with van der Waals surface area (Å²) in [7, 11) is 0. The predicted octanol–water partition coefficient (Wildman–Crippen LogP) is 2.70. The summed E-state index contributed by atoms with van der Waals surface area (Å²) in [5, 5.41) is 0. The number of esters is 1. The van der Waals surface area contributed by atoms with Gasteiger partial charge in [-0.25, -0.2) is 0 Å². The van der Waals surface area contributed by atoms with Gasteiger partial charge < -0.3 is 14.2 Å². The Morgan fingerprint density at radius 3 is 2.61 bits per heavy atom. The summed E-state index contributed by atoms with van der Waals surface area (Å²) < 4.78 is 15.9. The van der Waals surface area contributed by atoms with Crippen LogP contribution in [0.1, 0.15) is 51.9 Å². The zero-order valence-corrected chi connectivity index (χ0v) is 11.5. The molecule has 0 radical (unpaired) electrons. The molecular formula is C14H26O4. The monoisotopic (exact) mass is 258 g/mol. The van der Waals surface area contributed by atoms with Crippen molar-refractivity contribution in [2.75, 3.05) is 26.4 Å². The molecule has 0 aromatic carbocycles. The highest BCUT2D eigenvalue weighted by Crippen LogP contribution is 2.12. The van der Waals surface area contributed by atoms with E-state index in [1.54, 1.807) is 0 Å². The highest BCUT2D eigenvalue weighted by Gasteiger charge is 2.13. The maximum atomic E-state index is 11.1. The molecule has 0 aliphatic carbocycles. The summed E-state index contributed by atoms with van der Waals surface area (Å²) in [4.78, 5) is 11.1. The molecule has 0 atom stereocenters. The average molecular weight is 258 g/mol. The second kappa shape index (κ2) is 10.3. The Labute approximate surface area is 110 Å². The SMILES string of the molecule is CCOC(=O)CCCCCCOC1CCOCC1. The van der Waals surface area contributed by atoms with Crippen LogP contribution in [0.3, 0.4) is 0 Å². The van der Waals surface area contributed by atoms with Gasteiger partial charge in [-0.1, -0.05) is 12.8 Å². The van der Waals surface area contributed by atoms with E-state index < -0.39 is 0 Å². The van der Waals surface area contributed by atoms with Crippen LogP contribution in [0.4, 0.5) is 0 Å². The third-order valence-electron chi connectivity index (χ3n) is 3.10. The van der Waals surface area contributed by atoms with Crippen molar-refractivity contribution < 1.29 is 19.0 Å². The Bertz CT molecular complexity index is 212. The Balaban J connectivity index is 1.82. The number of carbonyl (C=O) groups excluding carboxylic acids is 1. The van der Waals surface area contributed by atoms with E-state index in [-0.39, 0.29) is 5.97 Å². The minimum atomic E-state index is -0.0732. The lowest BCUT2D eigenvalue weighted by Gasteiger charge is -2.22. The molecule has 0 aromatic rings. The molecule has 0 aromatic heterocycles. The van der Waals surface area contributed by atoms with Gasteiger partial charge in [-0.15, -0.1) is 0 Å². The van der Waals surface area contributed by atoms with E-state index >= 15 is 0 Å². The summed E-state index contributed by atoms with van der Waals surface area (Å²) in [6.45, 7) is 4.84. The summed E-state index contributed by atoms with van der Waals surface area (Å²) >= 11 is 0. The van der Waals surface area contributed by atoms with Gasteiger partial charge in [-0.3, -0.25) is 4.79 Å². The zero-order chi connectivity index (χ0) is 13.1. The molecule has 0 spiro atoms. The average Bonchev–Trinajstić information content (AvgIpc) is 2.39. The largest absolute Gasteiger partial charge is 0.466 e. The molecule has 0 N–H and O–H groups in total. The van der Waals surface area contributed by atoms with Gasteiger partial charge >= 0.3 is 5.97 Å². The van der Waals surface area contributed by atoms with Crippen LogP contribution < -0.4 is 0 Å². The van der Waals surface area contributed by atoms with Gasteiger partial charge in [-0.2, -0.15) is 0 Å². The smallest absolute Gasteiger partial charge is 0.305 e. The fourth-order valence-corrected chi connectivity index (χ4v) is 2.05. The first-order valence-corrected chi connectivity index (χ1v) is 7.18. The number of carbonyl (C=O) groups is 1. The van der Waals surface area contributed by atoms with Crippen LogP contribution in [-0.2, 0) is 19.0 Å². The third kappa shape index (κ3) is 7.67. The first-order valence-electron chi connectivity index (χ1n) is 7.18. The van der Waals surface area contributed by atoms with Crippen LogP contribution in [0.15, 0.2) is 0 Å². The number of hydrogen-bond acceptors (Lipinski definition) is 4. The molecule has 1 saturated heterocycles. The van der Waals surface area contributed by atoms with Gasteiger partial charge in [0, 0.05) is 26.2 Å². The van der Waals surface area contributed by atoms with Gasteiger partial charge in [0.1, 0.15) is 0 Å². The van der Waals surface area contributed by atoms with Gasteiger partial charge in [-0.05, 0) is 32.6 Å². The van der Waals surface area contributed by atoms with Crippen LogP contribution in [0.25, 0.3) is 0 Å². The van der Waals surface area contributed by atoms with Crippen molar-refractivity contribution in [1.82, 2.24) is 0 Å². The molecule has 1 aliphatic rings. The van der Waals surface area contributed by atoms with Crippen molar-refractivity contribution in [3.8, 4) is 0 Å². The lowest BCUT2D eigenvalue weighted by atomic mass is 10.1. The molecule has 0 saturated carbocycles. The molecule has 1 fully saturated rings. The van der Waals surface area contributed by atoms with Crippen molar-refractivity contribution in [3.63, 3.8) is 0 Å². The molecule has 4 heteroatoms. The zero-order valence-electron chi connectivity index (χ0n) is 11.5. The number of ether oxygens (including phenoxy) is 3. The Morgan fingerprint density at radius 1 is 1.17 bits per heavy atom. The van der Waals surface area contributed by atoms with E-state index in [0.717, 1.165) is 58.3 Å². The van der Waals surface area contributed by atoms with Crippen molar-refractivity contribution in [1.29, 1.82) is 0 Å². The lowest BCUT2D eigenvalue weighted by molar-refractivity contribution is -0.143. The highest BCUT2D eigenvalue weighted by molar-refractivity contribution is 5.69. The summed E-state index contributed by atoms with van der Waals surface area (Å²) in [6, 6.07) is 0. The summed E-state index contributed by atoms with van der Waals surface area (Å²) in [6.07, 6.45) is 7.23. The van der Waals surface area contributed by atoms with Crippen LogP contribution in [0, 0.1) is 0 Å². The van der Waals surface area contributed by atoms with E-state index in [1.165, 1.54) is 0 Å². The van der Waals surface area contributed by atoms with Gasteiger partial charge in [0.15, 0.2) is 0 Å². The van der Waals surface area contributed by atoms with Crippen LogP contribution >= 0.6 is 0 Å². The van der Waals surface area contributed by atoms with Gasteiger partial charge in [0.2, 0.25) is 0 Å². The minimum absolute atomic E-state index is 0.0732. The van der Waals surface area contributed by atoms with Crippen molar-refractivity contribution in [2.45, 2.75) is 58.0 Å². The van der Waals surface area contributed by atoms with Crippen molar-refractivity contribution in [2.24, 2.45) is 0 Å². The molecule has 18 heavy (non-hydrogen) atoms. The van der Waals surface area contributed by atoms with E-state index in [0.29, 0.717) is 19.1 Å². The van der Waals surface area contributed by atoms with E-state index in [1.807, 2.05) is 6.92 Å². The van der Waals surface area contributed by atoms with Gasteiger partial charge in [0.25, 0.3) is 0 Å².